The number of aryl methyl sites for hydroxylation is 1. The average molecular weight is 512 g/mol. The maximum Gasteiger partial charge on any atom is 0.490 e. The first kappa shape index (κ1) is 31.0. The molecule has 2 rings (SSSR count). The van der Waals surface area contributed by atoms with Gasteiger partial charge < -0.3 is 20.3 Å². The Morgan fingerprint density at radius 3 is 2.00 bits per heavy atom. The molecule has 0 amide bonds. The minimum Gasteiger partial charge on any atom is -0.494 e. The second-order valence-corrected chi connectivity index (χ2v) is 8.33. The van der Waals surface area contributed by atoms with E-state index in [1.54, 1.807) is 0 Å². The second-order valence-electron chi connectivity index (χ2n) is 8.33. The lowest BCUT2D eigenvalue weighted by Crippen LogP contribution is -2.21. The van der Waals surface area contributed by atoms with E-state index < -0.39 is 18.1 Å². The molecule has 0 aromatic heterocycles. The van der Waals surface area contributed by atoms with Crippen molar-refractivity contribution in [3.05, 3.63) is 65.7 Å². The molecule has 6 nitrogen and oxygen atoms in total. The molecule has 0 heterocycles. The summed E-state index contributed by atoms with van der Waals surface area (Å²) in [6.45, 7) is 1.89. The average Bonchev–Trinajstić information content (AvgIpc) is 2.83. The monoisotopic (exact) mass is 511 g/mol. The molecule has 2 aromatic carbocycles. The number of carboxylic acid groups (broad SMARTS) is 2. The van der Waals surface area contributed by atoms with Crippen LogP contribution in [0.1, 0.15) is 62.5 Å². The predicted octanol–water partition coefficient (Wildman–Crippen LogP) is 6.24. The third-order valence-electron chi connectivity index (χ3n) is 5.21. The van der Waals surface area contributed by atoms with Gasteiger partial charge in [-0.15, -0.1) is 0 Å². The number of unbranched alkanes of at least 4 members (excludes halogenated alkanes) is 6. The lowest BCUT2D eigenvalue weighted by Gasteiger charge is -2.09. The van der Waals surface area contributed by atoms with Crippen LogP contribution in [-0.2, 0) is 22.6 Å². The first-order valence-corrected chi connectivity index (χ1v) is 12.2. The Bertz CT molecular complexity index is 875. The lowest BCUT2D eigenvalue weighted by atomic mass is 10.0. The highest BCUT2D eigenvalue weighted by atomic mass is 19.4. The van der Waals surface area contributed by atoms with Crippen LogP contribution in [0.4, 0.5) is 13.2 Å². The first-order chi connectivity index (χ1) is 17.2. The Labute approximate surface area is 210 Å². The standard InChI is InChI=1S/C25H35NO3.C2HF3O2/c27-25(28)17-18-26-21-23-15-11-16-24(20-23)29-19-10-5-3-1-2-4-7-12-22-13-8-6-9-14-22;3-2(4,5)1(6)7/h6,8-9,11,13-16,20,26H,1-5,7,10,12,17-19,21H2,(H,27,28);(H,6,7). The Morgan fingerprint density at radius 1 is 0.806 bits per heavy atom. The van der Waals surface area contributed by atoms with Crippen molar-refractivity contribution in [2.45, 2.75) is 70.5 Å². The number of nitrogens with one attached hydrogen (secondary N) is 1. The molecule has 0 fully saturated rings. The smallest absolute Gasteiger partial charge is 0.490 e. The summed E-state index contributed by atoms with van der Waals surface area (Å²) in [6.07, 6.45) is 5.08. The summed E-state index contributed by atoms with van der Waals surface area (Å²) < 4.78 is 37.6. The SMILES string of the molecule is O=C(O)C(F)(F)F.O=C(O)CCNCc1cccc(OCCCCCCCCCc2ccccc2)c1. The van der Waals surface area contributed by atoms with Gasteiger partial charge in [0.25, 0.3) is 0 Å². The van der Waals surface area contributed by atoms with E-state index in [0.717, 1.165) is 24.3 Å². The van der Waals surface area contributed by atoms with Gasteiger partial charge >= 0.3 is 18.1 Å². The number of alkyl halides is 3. The summed E-state index contributed by atoms with van der Waals surface area (Å²) in [5, 5.41) is 18.9. The van der Waals surface area contributed by atoms with Crippen molar-refractivity contribution >= 4 is 11.9 Å². The van der Waals surface area contributed by atoms with Crippen LogP contribution in [0.25, 0.3) is 0 Å². The highest BCUT2D eigenvalue weighted by molar-refractivity contribution is 5.73. The van der Waals surface area contributed by atoms with Crippen molar-refractivity contribution in [2.24, 2.45) is 0 Å². The molecule has 0 aliphatic rings. The van der Waals surface area contributed by atoms with Gasteiger partial charge in [-0.25, -0.2) is 4.79 Å². The molecule has 36 heavy (non-hydrogen) atoms. The van der Waals surface area contributed by atoms with Crippen LogP contribution in [0.5, 0.6) is 5.75 Å². The Hall–Kier alpha value is -3.07. The van der Waals surface area contributed by atoms with Gasteiger partial charge in [0.05, 0.1) is 13.0 Å². The quantitative estimate of drug-likeness (QED) is 0.231. The summed E-state index contributed by atoms with van der Waals surface area (Å²) in [7, 11) is 0. The van der Waals surface area contributed by atoms with Crippen molar-refractivity contribution in [1.82, 2.24) is 5.32 Å². The molecular weight excluding hydrogens is 475 g/mol. The van der Waals surface area contributed by atoms with Gasteiger partial charge in [0.2, 0.25) is 0 Å². The van der Waals surface area contributed by atoms with Gasteiger partial charge in [0, 0.05) is 13.1 Å². The van der Waals surface area contributed by atoms with E-state index in [0.29, 0.717) is 13.1 Å². The molecule has 0 unspecified atom stereocenters. The van der Waals surface area contributed by atoms with E-state index in [1.807, 2.05) is 24.3 Å². The number of halogens is 3. The fourth-order valence-electron chi connectivity index (χ4n) is 3.32. The summed E-state index contributed by atoms with van der Waals surface area (Å²) in [4.78, 5) is 19.4. The van der Waals surface area contributed by atoms with Crippen LogP contribution in [0.15, 0.2) is 54.6 Å². The van der Waals surface area contributed by atoms with Crippen LogP contribution in [0.2, 0.25) is 0 Å². The molecule has 9 heteroatoms. The van der Waals surface area contributed by atoms with Crippen LogP contribution in [0, 0.1) is 0 Å². The Balaban J connectivity index is 0.000000809. The summed E-state index contributed by atoms with van der Waals surface area (Å²) in [5.41, 5.74) is 2.56. The number of hydrogen-bond donors (Lipinski definition) is 3. The van der Waals surface area contributed by atoms with Crippen LogP contribution < -0.4 is 10.1 Å². The number of carbonyl (C=O) groups is 2. The van der Waals surface area contributed by atoms with E-state index >= 15 is 0 Å². The number of ether oxygens (including phenoxy) is 1. The highest BCUT2D eigenvalue weighted by Crippen LogP contribution is 2.15. The number of aliphatic carboxylic acids is 2. The van der Waals surface area contributed by atoms with Crippen molar-refractivity contribution in [2.75, 3.05) is 13.2 Å². The van der Waals surface area contributed by atoms with Gasteiger partial charge in [-0.2, -0.15) is 13.2 Å². The molecule has 0 spiro atoms. The van der Waals surface area contributed by atoms with Crippen LogP contribution >= 0.6 is 0 Å². The minimum absolute atomic E-state index is 0.142. The topological polar surface area (TPSA) is 95.9 Å². The van der Waals surface area contributed by atoms with Gasteiger partial charge in [0.1, 0.15) is 5.75 Å². The normalized spacial score (nSPS) is 10.9. The molecular formula is C27H36F3NO5. The van der Waals surface area contributed by atoms with Crippen molar-refractivity contribution in [1.29, 1.82) is 0 Å². The molecule has 2 aromatic rings. The molecule has 0 saturated carbocycles. The summed E-state index contributed by atoms with van der Waals surface area (Å²) >= 11 is 0. The van der Waals surface area contributed by atoms with E-state index in [2.05, 4.69) is 35.6 Å². The van der Waals surface area contributed by atoms with Crippen molar-refractivity contribution < 1.29 is 37.7 Å². The Morgan fingerprint density at radius 2 is 1.39 bits per heavy atom. The van der Waals surface area contributed by atoms with E-state index in [-0.39, 0.29) is 6.42 Å². The number of hydrogen-bond acceptors (Lipinski definition) is 4. The van der Waals surface area contributed by atoms with E-state index in [4.69, 9.17) is 19.7 Å². The molecule has 3 N–H and O–H groups in total. The zero-order chi connectivity index (χ0) is 26.7. The number of benzene rings is 2. The first-order valence-electron chi connectivity index (χ1n) is 12.2. The summed E-state index contributed by atoms with van der Waals surface area (Å²) in [6, 6.07) is 18.8. The fraction of sp³-hybridized carbons (Fsp3) is 0.481. The van der Waals surface area contributed by atoms with E-state index in [1.165, 1.54) is 50.5 Å². The molecule has 0 saturated heterocycles. The van der Waals surface area contributed by atoms with Crippen molar-refractivity contribution in [3.63, 3.8) is 0 Å². The second kappa shape index (κ2) is 18.2. The van der Waals surface area contributed by atoms with Crippen molar-refractivity contribution in [3.8, 4) is 5.75 Å². The maximum absolute atomic E-state index is 10.6. The largest absolute Gasteiger partial charge is 0.494 e. The summed E-state index contributed by atoms with van der Waals surface area (Å²) in [5.74, 6) is -2.64. The van der Waals surface area contributed by atoms with E-state index in [9.17, 15) is 18.0 Å². The molecule has 0 aliphatic carbocycles. The Kier molecular flexibility index (Phi) is 15.7. The van der Waals surface area contributed by atoms with Crippen LogP contribution in [0.3, 0.4) is 0 Å². The molecule has 0 aliphatic heterocycles. The highest BCUT2D eigenvalue weighted by Gasteiger charge is 2.38. The van der Waals surface area contributed by atoms with Gasteiger partial charge in [-0.1, -0.05) is 74.6 Å². The molecule has 0 radical (unpaired) electrons. The van der Waals surface area contributed by atoms with Gasteiger partial charge in [-0.3, -0.25) is 4.79 Å². The third kappa shape index (κ3) is 16.5. The molecule has 0 bridgehead atoms. The lowest BCUT2D eigenvalue weighted by molar-refractivity contribution is -0.192. The molecule has 200 valence electrons. The minimum atomic E-state index is -5.08. The predicted molar refractivity (Wildman–Crippen MR) is 132 cm³/mol. The van der Waals surface area contributed by atoms with Gasteiger partial charge in [-0.05, 0) is 42.5 Å². The zero-order valence-electron chi connectivity index (χ0n) is 20.4. The maximum atomic E-state index is 10.6. The number of carboxylic acids is 2. The fourth-order valence-corrected chi connectivity index (χ4v) is 3.32. The van der Waals surface area contributed by atoms with Gasteiger partial charge in [0.15, 0.2) is 0 Å². The molecule has 0 atom stereocenters. The zero-order valence-corrected chi connectivity index (χ0v) is 20.4. The number of rotatable bonds is 16. The van der Waals surface area contributed by atoms with Crippen LogP contribution in [-0.4, -0.2) is 41.5 Å². The third-order valence-corrected chi connectivity index (χ3v) is 5.21.